The van der Waals surface area contributed by atoms with Crippen LogP contribution < -0.4 is 5.32 Å². The zero-order valence-electron chi connectivity index (χ0n) is 10.4. The Bertz CT molecular complexity index is 370. The molecule has 0 bridgehead atoms. The van der Waals surface area contributed by atoms with Crippen molar-refractivity contribution in [2.75, 3.05) is 6.54 Å². The molecule has 2 unspecified atom stereocenters. The molecule has 0 amide bonds. The van der Waals surface area contributed by atoms with Crippen molar-refractivity contribution < 1.29 is 5.11 Å². The van der Waals surface area contributed by atoms with E-state index < -0.39 is 0 Å². The molecular weight excluding hydrogens is 302 g/mol. The predicted octanol–water partition coefficient (Wildman–Crippen LogP) is 3.77. The normalized spacial score (nSPS) is 15.0. The summed E-state index contributed by atoms with van der Waals surface area (Å²) in [6, 6.07) is 5.97. The molecule has 0 radical (unpaired) electrons. The van der Waals surface area contributed by atoms with Gasteiger partial charge >= 0.3 is 0 Å². The summed E-state index contributed by atoms with van der Waals surface area (Å²) >= 11 is 9.55. The van der Waals surface area contributed by atoms with Crippen LogP contribution in [0.3, 0.4) is 0 Å². The molecule has 2 N–H and O–H groups in total. The van der Waals surface area contributed by atoms with Crippen LogP contribution in [0.2, 0.25) is 5.02 Å². The molecule has 0 aliphatic carbocycles. The average Bonchev–Trinajstić information content (AvgIpc) is 2.25. The molecule has 0 saturated heterocycles. The Balaban J connectivity index is 2.61. The van der Waals surface area contributed by atoms with Gasteiger partial charge in [0.05, 0.1) is 6.10 Å². The molecule has 0 saturated carbocycles. The summed E-state index contributed by atoms with van der Waals surface area (Å²) in [5.74, 6) is 0.259. The van der Waals surface area contributed by atoms with Gasteiger partial charge in [-0.3, -0.25) is 0 Å². The number of aliphatic hydroxyl groups is 1. The van der Waals surface area contributed by atoms with Gasteiger partial charge in [-0.2, -0.15) is 0 Å². The molecule has 1 rings (SSSR count). The second-order valence-electron chi connectivity index (χ2n) is 4.61. The number of aliphatic hydroxyl groups excluding tert-OH is 1. The highest BCUT2D eigenvalue weighted by molar-refractivity contribution is 9.10. The number of halogens is 2. The first-order chi connectivity index (χ1) is 7.91. The minimum absolute atomic E-state index is 0.129. The van der Waals surface area contributed by atoms with Crippen LogP contribution in [0.4, 0.5) is 0 Å². The topological polar surface area (TPSA) is 32.3 Å². The third kappa shape index (κ3) is 4.59. The van der Waals surface area contributed by atoms with Gasteiger partial charge in [0.25, 0.3) is 0 Å². The largest absolute Gasteiger partial charge is 0.392 e. The summed E-state index contributed by atoms with van der Waals surface area (Å²) in [6.07, 6.45) is -0.327. The number of nitrogens with one attached hydrogen (secondary N) is 1. The molecule has 0 spiro atoms. The van der Waals surface area contributed by atoms with Crippen LogP contribution >= 0.6 is 27.5 Å². The lowest BCUT2D eigenvalue weighted by Crippen LogP contribution is -2.32. The molecule has 1 aromatic rings. The first kappa shape index (κ1) is 15.0. The fraction of sp³-hybridized carbons (Fsp3) is 0.538. The fourth-order valence-corrected chi connectivity index (χ4v) is 2.33. The van der Waals surface area contributed by atoms with Gasteiger partial charge in [0.2, 0.25) is 0 Å². The highest BCUT2D eigenvalue weighted by Crippen LogP contribution is 2.26. The van der Waals surface area contributed by atoms with E-state index in [2.05, 4.69) is 21.2 Å². The lowest BCUT2D eigenvalue weighted by Gasteiger charge is -2.20. The highest BCUT2D eigenvalue weighted by Gasteiger charge is 2.13. The maximum Gasteiger partial charge on any atom is 0.0687 e. The number of benzene rings is 1. The first-order valence-corrected chi connectivity index (χ1v) is 6.95. The molecule has 0 aliphatic rings. The standard InChI is InChI=1S/C13H19BrClNO/c1-8(2)13(17)7-16-9(3)11-5-4-10(14)6-12(11)15/h4-6,8-9,13,16-17H,7H2,1-3H3. The molecular formula is C13H19BrClNO. The lowest BCUT2D eigenvalue weighted by molar-refractivity contribution is 0.121. The van der Waals surface area contributed by atoms with Gasteiger partial charge in [0.1, 0.15) is 0 Å². The van der Waals surface area contributed by atoms with Crippen molar-refractivity contribution in [3.63, 3.8) is 0 Å². The molecule has 0 fully saturated rings. The van der Waals surface area contributed by atoms with Crippen molar-refractivity contribution in [2.24, 2.45) is 5.92 Å². The van der Waals surface area contributed by atoms with E-state index in [1.165, 1.54) is 0 Å². The fourth-order valence-electron chi connectivity index (χ4n) is 1.50. The maximum absolute atomic E-state index is 9.73. The third-order valence-electron chi connectivity index (χ3n) is 2.83. The van der Waals surface area contributed by atoms with E-state index in [-0.39, 0.29) is 18.1 Å². The molecule has 96 valence electrons. The molecule has 0 aliphatic heterocycles. The Hall–Kier alpha value is -0.0900. The van der Waals surface area contributed by atoms with Crippen molar-refractivity contribution in [3.05, 3.63) is 33.3 Å². The van der Waals surface area contributed by atoms with E-state index in [0.717, 1.165) is 15.1 Å². The van der Waals surface area contributed by atoms with Crippen molar-refractivity contribution >= 4 is 27.5 Å². The van der Waals surface area contributed by atoms with Crippen LogP contribution in [0.25, 0.3) is 0 Å². The minimum atomic E-state index is -0.327. The van der Waals surface area contributed by atoms with Crippen LogP contribution in [-0.2, 0) is 0 Å². The molecule has 4 heteroatoms. The van der Waals surface area contributed by atoms with E-state index in [1.807, 2.05) is 39.0 Å². The molecule has 0 aromatic heterocycles. The van der Waals surface area contributed by atoms with Crippen molar-refractivity contribution in [3.8, 4) is 0 Å². The van der Waals surface area contributed by atoms with Gasteiger partial charge in [0, 0.05) is 22.1 Å². The number of rotatable bonds is 5. The minimum Gasteiger partial charge on any atom is -0.392 e. The first-order valence-electron chi connectivity index (χ1n) is 5.78. The maximum atomic E-state index is 9.73. The van der Waals surface area contributed by atoms with Crippen LogP contribution in [-0.4, -0.2) is 17.8 Å². The van der Waals surface area contributed by atoms with Gasteiger partial charge in [-0.25, -0.2) is 0 Å². The van der Waals surface area contributed by atoms with Crippen LogP contribution in [0, 0.1) is 5.92 Å². The molecule has 0 heterocycles. The number of hydrogen-bond donors (Lipinski definition) is 2. The second kappa shape index (κ2) is 6.74. The summed E-state index contributed by atoms with van der Waals surface area (Å²) in [4.78, 5) is 0. The van der Waals surface area contributed by atoms with E-state index in [1.54, 1.807) is 0 Å². The zero-order valence-corrected chi connectivity index (χ0v) is 12.7. The highest BCUT2D eigenvalue weighted by atomic mass is 79.9. The van der Waals surface area contributed by atoms with Gasteiger partial charge in [-0.05, 0) is 30.5 Å². The van der Waals surface area contributed by atoms with E-state index >= 15 is 0 Å². The molecule has 17 heavy (non-hydrogen) atoms. The van der Waals surface area contributed by atoms with Gasteiger partial charge < -0.3 is 10.4 Å². The van der Waals surface area contributed by atoms with E-state index in [9.17, 15) is 5.11 Å². The Kier molecular flexibility index (Phi) is 5.93. The quantitative estimate of drug-likeness (QED) is 0.865. The Morgan fingerprint density at radius 1 is 1.35 bits per heavy atom. The van der Waals surface area contributed by atoms with Crippen molar-refractivity contribution in [2.45, 2.75) is 32.9 Å². The lowest BCUT2D eigenvalue weighted by atomic mass is 10.1. The average molecular weight is 321 g/mol. The third-order valence-corrected chi connectivity index (χ3v) is 3.65. The van der Waals surface area contributed by atoms with E-state index in [4.69, 9.17) is 11.6 Å². The summed E-state index contributed by atoms with van der Waals surface area (Å²) in [5.41, 5.74) is 1.05. The summed E-state index contributed by atoms with van der Waals surface area (Å²) in [7, 11) is 0. The Labute approximate surface area is 117 Å². The van der Waals surface area contributed by atoms with Gasteiger partial charge in [-0.1, -0.05) is 47.4 Å². The molecule has 2 nitrogen and oxygen atoms in total. The SMILES string of the molecule is CC(NCC(O)C(C)C)c1ccc(Br)cc1Cl. The molecule has 1 aromatic carbocycles. The van der Waals surface area contributed by atoms with Crippen LogP contribution in [0.15, 0.2) is 22.7 Å². The van der Waals surface area contributed by atoms with Crippen molar-refractivity contribution in [1.29, 1.82) is 0 Å². The van der Waals surface area contributed by atoms with Gasteiger partial charge in [-0.15, -0.1) is 0 Å². The monoisotopic (exact) mass is 319 g/mol. The Morgan fingerprint density at radius 3 is 2.53 bits per heavy atom. The number of hydrogen-bond acceptors (Lipinski definition) is 2. The van der Waals surface area contributed by atoms with Crippen LogP contribution in [0.5, 0.6) is 0 Å². The second-order valence-corrected chi connectivity index (χ2v) is 5.93. The van der Waals surface area contributed by atoms with Gasteiger partial charge in [0.15, 0.2) is 0 Å². The zero-order chi connectivity index (χ0) is 13.0. The summed E-state index contributed by atoms with van der Waals surface area (Å²) in [6.45, 7) is 6.63. The predicted molar refractivity (Wildman–Crippen MR) is 76.4 cm³/mol. The van der Waals surface area contributed by atoms with Crippen molar-refractivity contribution in [1.82, 2.24) is 5.32 Å². The molecule has 2 atom stereocenters. The van der Waals surface area contributed by atoms with Crippen LogP contribution in [0.1, 0.15) is 32.4 Å². The Morgan fingerprint density at radius 2 is 2.00 bits per heavy atom. The van der Waals surface area contributed by atoms with E-state index in [0.29, 0.717) is 6.54 Å². The smallest absolute Gasteiger partial charge is 0.0687 e. The summed E-state index contributed by atoms with van der Waals surface area (Å²) < 4.78 is 0.973. The summed E-state index contributed by atoms with van der Waals surface area (Å²) in [5, 5.41) is 13.8.